The molecule has 146 valence electrons. The maximum atomic E-state index is 13.3. The number of halogens is 1. The third-order valence-corrected chi connectivity index (χ3v) is 5.97. The largest absolute Gasteiger partial charge is 0.354 e. The van der Waals surface area contributed by atoms with E-state index in [0.29, 0.717) is 25.3 Å². The lowest BCUT2D eigenvalue weighted by atomic mass is 10.3. The van der Waals surface area contributed by atoms with Crippen molar-refractivity contribution in [2.24, 2.45) is 0 Å². The van der Waals surface area contributed by atoms with E-state index in [1.54, 1.807) is 22.3 Å². The summed E-state index contributed by atoms with van der Waals surface area (Å²) in [7, 11) is 0. The molecule has 0 amide bonds. The quantitative estimate of drug-likeness (QED) is 0.479. The second-order valence-electron chi connectivity index (χ2n) is 6.96. The molecule has 6 nitrogen and oxygen atoms in total. The number of thiazole rings is 1. The van der Waals surface area contributed by atoms with Gasteiger partial charge in [0.05, 0.1) is 35.7 Å². The van der Waals surface area contributed by atoms with Crippen molar-refractivity contribution in [1.82, 2.24) is 19.7 Å². The number of hydrogen-bond donors (Lipinski definition) is 1. The number of amidine groups is 1. The Hall–Kier alpha value is -2.74. The fourth-order valence-corrected chi connectivity index (χ4v) is 4.29. The number of anilines is 1. The number of alkyl halides is 1. The summed E-state index contributed by atoms with van der Waals surface area (Å²) in [5.74, 6) is 0.329. The van der Waals surface area contributed by atoms with Crippen LogP contribution in [0.3, 0.4) is 0 Å². The number of rotatable bonds is 4. The Morgan fingerprint density at radius 3 is 2.86 bits per heavy atom. The average molecular weight is 399 g/mol. The predicted octanol–water partition coefficient (Wildman–Crippen LogP) is 4.08. The van der Waals surface area contributed by atoms with Gasteiger partial charge in [0.1, 0.15) is 22.7 Å². The van der Waals surface area contributed by atoms with Gasteiger partial charge in [-0.15, -0.1) is 11.3 Å². The summed E-state index contributed by atoms with van der Waals surface area (Å²) in [6, 6.07) is 0. The molecular weight excluding hydrogens is 375 g/mol. The molecule has 28 heavy (non-hydrogen) atoms. The minimum absolute atomic E-state index is 0.303. The van der Waals surface area contributed by atoms with E-state index in [0.717, 1.165) is 39.2 Å². The smallest absolute Gasteiger partial charge is 0.120 e. The van der Waals surface area contributed by atoms with Crippen LogP contribution in [-0.4, -0.2) is 44.8 Å². The molecule has 0 aromatic carbocycles. The van der Waals surface area contributed by atoms with Gasteiger partial charge in [0.25, 0.3) is 0 Å². The Morgan fingerprint density at radius 2 is 2.25 bits per heavy atom. The van der Waals surface area contributed by atoms with Crippen LogP contribution in [0.2, 0.25) is 0 Å². The van der Waals surface area contributed by atoms with Crippen molar-refractivity contribution in [3.8, 4) is 0 Å². The van der Waals surface area contributed by atoms with E-state index in [1.807, 2.05) is 43.1 Å². The average Bonchev–Trinajstić information content (AvgIpc) is 3.42. The van der Waals surface area contributed by atoms with Crippen molar-refractivity contribution in [3.05, 3.63) is 53.5 Å². The molecule has 0 bridgehead atoms. The number of hydrogen-bond acceptors (Lipinski definition) is 5. The molecule has 0 saturated carbocycles. The van der Waals surface area contributed by atoms with Gasteiger partial charge in [-0.2, -0.15) is 5.10 Å². The zero-order valence-electron chi connectivity index (χ0n) is 16.0. The van der Waals surface area contributed by atoms with Crippen LogP contribution in [0.5, 0.6) is 0 Å². The summed E-state index contributed by atoms with van der Waals surface area (Å²) >= 11 is 1.64. The summed E-state index contributed by atoms with van der Waals surface area (Å²) < 4.78 is 15.2. The molecule has 0 aliphatic carbocycles. The van der Waals surface area contributed by atoms with Crippen molar-refractivity contribution < 1.29 is 4.39 Å². The highest BCUT2D eigenvalue weighted by molar-refractivity contribution is 7.15. The molecule has 0 radical (unpaired) electrons. The molecule has 2 aliphatic heterocycles. The minimum atomic E-state index is -0.833. The number of nitrogens with zero attached hydrogens (tertiary/aromatic N) is 5. The number of aryl methyl sites for hydroxylation is 1. The van der Waals surface area contributed by atoms with Crippen LogP contribution in [0.1, 0.15) is 29.6 Å². The number of likely N-dealkylation sites (tertiary alicyclic amines) is 1. The molecule has 2 aromatic rings. The summed E-state index contributed by atoms with van der Waals surface area (Å²) in [4.78, 5) is 8.22. The van der Waals surface area contributed by atoms with E-state index in [4.69, 9.17) is 10.5 Å². The van der Waals surface area contributed by atoms with Gasteiger partial charge in [0, 0.05) is 18.3 Å². The maximum Gasteiger partial charge on any atom is 0.120 e. The number of nitrogens with one attached hydrogen (secondary N) is 1. The van der Waals surface area contributed by atoms with Crippen LogP contribution in [0.4, 0.5) is 9.39 Å². The standard InChI is InChI=1S/C20H23FN6S/c1-4-17(5-6-18(22)25-8-7-16(21)12-25)27-11-15-10-26(13(2)20(15)24-27)19-9-23-14(3)28-19/h4-6,9,11,16,22H,2,7-8,10,12H2,1,3H3/b6-5-,17-4+,22-18?/t16-/m0/s1. The lowest BCUT2D eigenvalue weighted by Gasteiger charge is -2.17. The van der Waals surface area contributed by atoms with Crippen LogP contribution < -0.4 is 4.90 Å². The Morgan fingerprint density at radius 1 is 1.43 bits per heavy atom. The first-order valence-corrected chi connectivity index (χ1v) is 10.1. The van der Waals surface area contributed by atoms with Crippen LogP contribution in [0.15, 0.2) is 37.2 Å². The third-order valence-electron chi connectivity index (χ3n) is 5.04. The van der Waals surface area contributed by atoms with Crippen molar-refractivity contribution in [3.63, 3.8) is 0 Å². The maximum absolute atomic E-state index is 13.3. The third kappa shape index (κ3) is 3.40. The highest BCUT2D eigenvalue weighted by Gasteiger charge is 2.28. The van der Waals surface area contributed by atoms with Gasteiger partial charge in [-0.3, -0.25) is 5.41 Å². The molecule has 0 unspecified atom stereocenters. The van der Waals surface area contributed by atoms with Crippen LogP contribution in [0.25, 0.3) is 11.4 Å². The fraction of sp³-hybridized carbons (Fsp3) is 0.350. The van der Waals surface area contributed by atoms with Crippen molar-refractivity contribution in [1.29, 1.82) is 5.41 Å². The van der Waals surface area contributed by atoms with Crippen LogP contribution in [0, 0.1) is 12.3 Å². The first-order chi connectivity index (χ1) is 13.5. The first-order valence-electron chi connectivity index (χ1n) is 9.26. The van der Waals surface area contributed by atoms with Gasteiger partial charge in [0.2, 0.25) is 0 Å². The monoisotopic (exact) mass is 398 g/mol. The van der Waals surface area contributed by atoms with Gasteiger partial charge in [-0.25, -0.2) is 14.1 Å². The molecule has 4 heterocycles. The molecule has 4 rings (SSSR count). The summed E-state index contributed by atoms with van der Waals surface area (Å²) in [5.41, 5.74) is 3.73. The van der Waals surface area contributed by atoms with Gasteiger partial charge in [0.15, 0.2) is 0 Å². The summed E-state index contributed by atoms with van der Waals surface area (Å²) in [6.07, 6.45) is 9.05. The van der Waals surface area contributed by atoms with E-state index < -0.39 is 6.17 Å². The first kappa shape index (κ1) is 18.6. The Kier molecular flexibility index (Phi) is 4.89. The predicted molar refractivity (Wildman–Crippen MR) is 112 cm³/mol. The normalized spacial score (nSPS) is 19.9. The number of fused-ring (bicyclic) bond motifs is 1. The molecular formula is C20H23FN6S. The van der Waals surface area contributed by atoms with Crippen LogP contribution in [-0.2, 0) is 6.54 Å². The zero-order chi connectivity index (χ0) is 19.8. The SMILES string of the molecule is C=C1c2nn(C(/C=C\C(=N)N3CC[C@H](F)C3)=C/C)cc2CN1c1cnc(C)s1. The summed E-state index contributed by atoms with van der Waals surface area (Å²) in [6.45, 7) is 9.75. The van der Waals surface area contributed by atoms with Gasteiger partial charge in [-0.1, -0.05) is 12.7 Å². The molecule has 8 heteroatoms. The van der Waals surface area contributed by atoms with E-state index in [2.05, 4.69) is 16.5 Å². The van der Waals surface area contributed by atoms with E-state index in [1.165, 1.54) is 0 Å². The highest BCUT2D eigenvalue weighted by atomic mass is 32.1. The second-order valence-corrected chi connectivity index (χ2v) is 8.18. The van der Waals surface area contributed by atoms with E-state index >= 15 is 0 Å². The van der Waals surface area contributed by atoms with Crippen molar-refractivity contribution >= 4 is 33.6 Å². The van der Waals surface area contributed by atoms with E-state index in [-0.39, 0.29) is 0 Å². The van der Waals surface area contributed by atoms with Crippen molar-refractivity contribution in [2.75, 3.05) is 18.0 Å². The minimum Gasteiger partial charge on any atom is -0.354 e. The van der Waals surface area contributed by atoms with Crippen molar-refractivity contribution in [2.45, 2.75) is 33.0 Å². The zero-order valence-corrected chi connectivity index (χ0v) is 16.8. The molecule has 0 spiro atoms. The Labute approximate surface area is 167 Å². The molecule has 1 saturated heterocycles. The highest BCUT2D eigenvalue weighted by Crippen LogP contribution is 2.37. The lowest BCUT2D eigenvalue weighted by Crippen LogP contribution is -2.26. The molecule has 1 fully saturated rings. The van der Waals surface area contributed by atoms with Gasteiger partial charge in [-0.05, 0) is 32.4 Å². The molecule has 2 aromatic heterocycles. The Balaban J connectivity index is 1.49. The Bertz CT molecular complexity index is 985. The van der Waals surface area contributed by atoms with Gasteiger partial charge >= 0.3 is 0 Å². The topological polar surface area (TPSA) is 61.0 Å². The number of aromatic nitrogens is 3. The van der Waals surface area contributed by atoms with E-state index in [9.17, 15) is 4.39 Å². The van der Waals surface area contributed by atoms with Crippen LogP contribution >= 0.6 is 11.3 Å². The second kappa shape index (κ2) is 7.35. The fourth-order valence-electron chi connectivity index (χ4n) is 3.49. The lowest BCUT2D eigenvalue weighted by molar-refractivity contribution is 0.342. The molecule has 1 N–H and O–H groups in total. The molecule has 1 atom stereocenters. The van der Waals surface area contributed by atoms with Gasteiger partial charge < -0.3 is 9.80 Å². The number of allylic oxidation sites excluding steroid dienone is 3. The molecule has 2 aliphatic rings. The summed E-state index contributed by atoms with van der Waals surface area (Å²) in [5, 5.41) is 15.0.